The van der Waals surface area contributed by atoms with Gasteiger partial charge >= 0.3 is 0 Å². The van der Waals surface area contributed by atoms with Gasteiger partial charge in [0.15, 0.2) is 0 Å². The molecule has 0 aliphatic heterocycles. The first-order chi connectivity index (χ1) is 6.77. The van der Waals surface area contributed by atoms with Crippen LogP contribution in [0.25, 0.3) is 0 Å². The topological polar surface area (TPSA) is 49.8 Å². The van der Waals surface area contributed by atoms with Crippen molar-refractivity contribution < 1.29 is 4.39 Å². The van der Waals surface area contributed by atoms with Gasteiger partial charge in [-0.3, -0.25) is 0 Å². The van der Waals surface area contributed by atoms with Crippen LogP contribution in [0.4, 0.5) is 4.39 Å². The van der Waals surface area contributed by atoms with Crippen molar-refractivity contribution in [3.05, 3.63) is 35.1 Å². The van der Waals surface area contributed by atoms with E-state index in [-0.39, 0.29) is 5.56 Å². The van der Waals surface area contributed by atoms with Gasteiger partial charge in [-0.25, -0.2) is 4.39 Å². The molecule has 1 aromatic carbocycles. The third kappa shape index (κ3) is 2.58. The normalized spacial score (nSPS) is 8.64. The third-order valence-corrected chi connectivity index (χ3v) is 1.59. The molecule has 0 heterocycles. The number of rotatable bonds is 1. The van der Waals surface area contributed by atoms with Crippen molar-refractivity contribution in [2.24, 2.45) is 5.73 Å². The standard InChI is InChI=1S/C11H9FN2/c12-11-5-4-9(3-1-2-6-13)7-10(11)8-14/h4-5,7H,2,6,13H2. The van der Waals surface area contributed by atoms with Crippen LogP contribution in [0.5, 0.6) is 0 Å². The van der Waals surface area contributed by atoms with E-state index in [1.54, 1.807) is 12.1 Å². The maximum absolute atomic E-state index is 12.9. The fraction of sp³-hybridized carbons (Fsp3) is 0.182. The molecule has 0 saturated heterocycles. The van der Waals surface area contributed by atoms with Gasteiger partial charge in [-0.1, -0.05) is 11.8 Å². The zero-order chi connectivity index (χ0) is 10.4. The molecule has 3 heteroatoms. The second-order valence-corrected chi connectivity index (χ2v) is 2.65. The van der Waals surface area contributed by atoms with Crippen molar-refractivity contribution in [2.75, 3.05) is 6.54 Å². The Morgan fingerprint density at radius 2 is 2.21 bits per heavy atom. The highest BCUT2D eigenvalue weighted by molar-refractivity contribution is 5.42. The molecule has 0 aliphatic rings. The minimum atomic E-state index is -0.517. The van der Waals surface area contributed by atoms with E-state index in [0.29, 0.717) is 18.5 Å². The molecule has 0 radical (unpaired) electrons. The summed E-state index contributed by atoms with van der Waals surface area (Å²) in [5.41, 5.74) is 5.91. The fourth-order valence-corrected chi connectivity index (χ4v) is 0.925. The molecule has 0 bridgehead atoms. The average molecular weight is 188 g/mol. The summed E-state index contributed by atoms with van der Waals surface area (Å²) in [5, 5.41) is 8.56. The predicted octanol–water partition coefficient (Wildman–Crippen LogP) is 1.40. The number of halogens is 1. The lowest BCUT2D eigenvalue weighted by Gasteiger charge is -1.93. The highest BCUT2D eigenvalue weighted by Crippen LogP contribution is 2.08. The third-order valence-electron chi connectivity index (χ3n) is 1.59. The van der Waals surface area contributed by atoms with E-state index in [1.807, 2.05) is 0 Å². The second kappa shape index (κ2) is 5.01. The maximum Gasteiger partial charge on any atom is 0.141 e. The highest BCUT2D eigenvalue weighted by Gasteiger charge is 2.00. The summed E-state index contributed by atoms with van der Waals surface area (Å²) < 4.78 is 12.9. The van der Waals surface area contributed by atoms with Crippen LogP contribution in [0.1, 0.15) is 17.5 Å². The van der Waals surface area contributed by atoms with Gasteiger partial charge in [0.25, 0.3) is 0 Å². The van der Waals surface area contributed by atoms with Gasteiger partial charge < -0.3 is 5.73 Å². The Kier molecular flexibility index (Phi) is 3.67. The number of nitrogens with two attached hydrogens (primary N) is 1. The fourth-order valence-electron chi connectivity index (χ4n) is 0.925. The molecular weight excluding hydrogens is 179 g/mol. The van der Waals surface area contributed by atoms with E-state index in [1.165, 1.54) is 12.1 Å². The second-order valence-electron chi connectivity index (χ2n) is 2.65. The minimum absolute atomic E-state index is 0.0181. The first-order valence-electron chi connectivity index (χ1n) is 4.16. The lowest BCUT2D eigenvalue weighted by Crippen LogP contribution is -1.95. The van der Waals surface area contributed by atoms with Crippen molar-refractivity contribution in [3.8, 4) is 17.9 Å². The summed E-state index contributed by atoms with van der Waals surface area (Å²) in [6.45, 7) is 0.499. The Morgan fingerprint density at radius 3 is 2.86 bits per heavy atom. The summed E-state index contributed by atoms with van der Waals surface area (Å²) in [5.74, 6) is 5.10. The van der Waals surface area contributed by atoms with Crippen LogP contribution in [0.2, 0.25) is 0 Å². The highest BCUT2D eigenvalue weighted by atomic mass is 19.1. The molecule has 0 fully saturated rings. The molecule has 0 atom stereocenters. The van der Waals surface area contributed by atoms with Crippen molar-refractivity contribution in [3.63, 3.8) is 0 Å². The molecule has 0 aromatic heterocycles. The predicted molar refractivity (Wildman–Crippen MR) is 51.7 cm³/mol. The number of nitriles is 1. The smallest absolute Gasteiger partial charge is 0.141 e. The van der Waals surface area contributed by atoms with E-state index in [0.717, 1.165) is 0 Å². The molecule has 2 nitrogen and oxygen atoms in total. The van der Waals surface area contributed by atoms with Crippen LogP contribution < -0.4 is 5.73 Å². The van der Waals surface area contributed by atoms with E-state index in [2.05, 4.69) is 11.8 Å². The minimum Gasteiger partial charge on any atom is -0.330 e. The van der Waals surface area contributed by atoms with Crippen LogP contribution in [0, 0.1) is 29.0 Å². The molecular formula is C11H9FN2. The number of nitrogens with zero attached hydrogens (tertiary/aromatic N) is 1. The molecule has 0 saturated carbocycles. The van der Waals surface area contributed by atoms with E-state index in [4.69, 9.17) is 11.0 Å². The van der Waals surface area contributed by atoms with Crippen LogP contribution in [0.3, 0.4) is 0 Å². The molecule has 1 rings (SSSR count). The first kappa shape index (κ1) is 10.2. The van der Waals surface area contributed by atoms with E-state index < -0.39 is 5.82 Å². The van der Waals surface area contributed by atoms with Gasteiger partial charge in [-0.05, 0) is 18.2 Å². The summed E-state index contributed by atoms with van der Waals surface area (Å²) in [6.07, 6.45) is 0.596. The van der Waals surface area contributed by atoms with Crippen molar-refractivity contribution in [2.45, 2.75) is 6.42 Å². The average Bonchev–Trinajstić information content (AvgIpc) is 2.21. The maximum atomic E-state index is 12.9. The molecule has 14 heavy (non-hydrogen) atoms. The van der Waals surface area contributed by atoms with E-state index >= 15 is 0 Å². The van der Waals surface area contributed by atoms with Gasteiger partial charge in [0.1, 0.15) is 11.9 Å². The molecule has 1 aromatic rings. The largest absolute Gasteiger partial charge is 0.330 e. The van der Waals surface area contributed by atoms with Crippen LogP contribution in [-0.4, -0.2) is 6.54 Å². The number of hydrogen-bond donors (Lipinski definition) is 1. The Bertz CT molecular complexity index is 421. The van der Waals surface area contributed by atoms with Gasteiger partial charge in [-0.15, -0.1) is 0 Å². The molecule has 0 aliphatic carbocycles. The SMILES string of the molecule is N#Cc1cc(C#CCCN)ccc1F. The van der Waals surface area contributed by atoms with Crippen LogP contribution >= 0.6 is 0 Å². The Labute approximate surface area is 82.2 Å². The van der Waals surface area contributed by atoms with Gasteiger partial charge in [0.2, 0.25) is 0 Å². The number of hydrogen-bond acceptors (Lipinski definition) is 2. The van der Waals surface area contributed by atoms with Crippen LogP contribution in [-0.2, 0) is 0 Å². The van der Waals surface area contributed by atoms with E-state index in [9.17, 15) is 4.39 Å². The number of benzene rings is 1. The summed E-state index contributed by atoms with van der Waals surface area (Å²) in [6, 6.07) is 5.97. The van der Waals surface area contributed by atoms with Crippen molar-refractivity contribution in [1.82, 2.24) is 0 Å². The summed E-state index contributed by atoms with van der Waals surface area (Å²) in [4.78, 5) is 0. The van der Waals surface area contributed by atoms with Crippen molar-refractivity contribution >= 4 is 0 Å². The molecule has 70 valence electrons. The van der Waals surface area contributed by atoms with Gasteiger partial charge in [0, 0.05) is 18.5 Å². The Hall–Kier alpha value is -1.84. The molecule has 0 unspecified atom stereocenters. The summed E-state index contributed by atoms with van der Waals surface area (Å²) >= 11 is 0. The monoisotopic (exact) mass is 188 g/mol. The first-order valence-corrected chi connectivity index (χ1v) is 4.16. The quantitative estimate of drug-likeness (QED) is 0.677. The zero-order valence-electron chi connectivity index (χ0n) is 7.55. The Morgan fingerprint density at radius 1 is 1.43 bits per heavy atom. The molecule has 0 amide bonds. The lowest BCUT2D eigenvalue weighted by atomic mass is 10.1. The summed E-state index contributed by atoms with van der Waals surface area (Å²) in [7, 11) is 0. The van der Waals surface area contributed by atoms with Crippen LogP contribution in [0.15, 0.2) is 18.2 Å². The van der Waals surface area contributed by atoms with Gasteiger partial charge in [0.05, 0.1) is 5.56 Å². The van der Waals surface area contributed by atoms with Crippen molar-refractivity contribution in [1.29, 1.82) is 5.26 Å². The Balaban J connectivity index is 2.93. The van der Waals surface area contributed by atoms with Gasteiger partial charge in [-0.2, -0.15) is 5.26 Å². The molecule has 2 N–H and O–H groups in total. The lowest BCUT2D eigenvalue weighted by molar-refractivity contribution is 0.624. The zero-order valence-corrected chi connectivity index (χ0v) is 7.55. The molecule has 0 spiro atoms.